The summed E-state index contributed by atoms with van der Waals surface area (Å²) in [4.78, 5) is 0. The normalized spacial score (nSPS) is 11.9. The number of methoxy groups -OCH3 is 1. The van der Waals surface area contributed by atoms with Crippen LogP contribution < -0.4 is 9.44 Å². The largest absolute Gasteiger partial charge is 0.383 e. The molecule has 0 atom stereocenters. The highest BCUT2D eigenvalue weighted by Crippen LogP contribution is 2.04. The first kappa shape index (κ1) is 15.1. The van der Waals surface area contributed by atoms with Crippen LogP contribution in [0.25, 0.3) is 0 Å². The van der Waals surface area contributed by atoms with Crippen molar-refractivity contribution in [2.24, 2.45) is 0 Å². The smallest absolute Gasteiger partial charge is 0.276 e. The van der Waals surface area contributed by atoms with Gasteiger partial charge < -0.3 is 4.74 Å². The summed E-state index contributed by atoms with van der Waals surface area (Å²) >= 11 is 0. The van der Waals surface area contributed by atoms with Crippen molar-refractivity contribution in [1.29, 1.82) is 0 Å². The molecule has 0 spiro atoms. The molecule has 7 nitrogen and oxygen atoms in total. The Morgan fingerprint density at radius 1 is 1.39 bits per heavy atom. The highest BCUT2D eigenvalue weighted by atomic mass is 32.2. The van der Waals surface area contributed by atoms with Crippen LogP contribution in [-0.2, 0) is 21.4 Å². The zero-order valence-corrected chi connectivity index (χ0v) is 11.5. The SMILES string of the molecule is COCCNS(=O)(=O)NCCCc1cn[nH]c1C. The van der Waals surface area contributed by atoms with E-state index in [9.17, 15) is 8.42 Å². The van der Waals surface area contributed by atoms with Crippen LogP contribution in [0.2, 0.25) is 0 Å². The third-order valence-corrected chi connectivity index (χ3v) is 3.62. The molecule has 1 rings (SSSR count). The topological polar surface area (TPSA) is 96.1 Å². The van der Waals surface area contributed by atoms with Gasteiger partial charge in [0.05, 0.1) is 12.8 Å². The predicted octanol–water partition coefficient (Wildman–Crippen LogP) is -0.279. The van der Waals surface area contributed by atoms with E-state index in [1.165, 1.54) is 7.11 Å². The van der Waals surface area contributed by atoms with Gasteiger partial charge in [-0.2, -0.15) is 18.2 Å². The van der Waals surface area contributed by atoms with Crippen LogP contribution in [0.5, 0.6) is 0 Å². The Morgan fingerprint density at radius 2 is 2.11 bits per heavy atom. The van der Waals surface area contributed by atoms with Crippen molar-refractivity contribution in [3.63, 3.8) is 0 Å². The second-order valence-electron chi connectivity index (χ2n) is 3.91. The Hall–Kier alpha value is -0.960. The van der Waals surface area contributed by atoms with Crippen molar-refractivity contribution in [2.75, 3.05) is 26.8 Å². The Labute approximate surface area is 107 Å². The summed E-state index contributed by atoms with van der Waals surface area (Å²) in [7, 11) is -1.89. The van der Waals surface area contributed by atoms with Crippen molar-refractivity contribution in [3.05, 3.63) is 17.5 Å². The molecule has 18 heavy (non-hydrogen) atoms. The highest BCUT2D eigenvalue weighted by Gasteiger charge is 2.07. The molecule has 104 valence electrons. The number of aromatic amines is 1. The quantitative estimate of drug-likeness (QED) is 0.541. The van der Waals surface area contributed by atoms with E-state index in [0.29, 0.717) is 13.2 Å². The molecule has 0 aromatic carbocycles. The molecule has 0 saturated carbocycles. The molecule has 0 aliphatic heterocycles. The van der Waals surface area contributed by atoms with Gasteiger partial charge in [-0.1, -0.05) is 0 Å². The van der Waals surface area contributed by atoms with Gasteiger partial charge in [0, 0.05) is 25.9 Å². The summed E-state index contributed by atoms with van der Waals surface area (Å²) in [6.45, 7) is 2.97. The van der Waals surface area contributed by atoms with E-state index in [0.717, 1.165) is 24.1 Å². The summed E-state index contributed by atoms with van der Waals surface area (Å²) in [6.07, 6.45) is 3.29. The number of hydrogen-bond donors (Lipinski definition) is 3. The number of ether oxygens (including phenoxy) is 1. The third kappa shape index (κ3) is 5.58. The van der Waals surface area contributed by atoms with Gasteiger partial charge in [0.1, 0.15) is 0 Å². The molecule has 0 unspecified atom stereocenters. The van der Waals surface area contributed by atoms with Gasteiger partial charge >= 0.3 is 0 Å². The first-order chi connectivity index (χ1) is 8.55. The van der Waals surface area contributed by atoms with Crippen LogP contribution in [-0.4, -0.2) is 45.4 Å². The molecule has 8 heteroatoms. The first-order valence-corrected chi connectivity index (χ1v) is 7.25. The van der Waals surface area contributed by atoms with Crippen molar-refractivity contribution >= 4 is 10.2 Å². The number of H-pyrrole nitrogens is 1. The number of aromatic nitrogens is 2. The van der Waals surface area contributed by atoms with Crippen LogP contribution in [0.3, 0.4) is 0 Å². The Kier molecular flexibility index (Phi) is 6.27. The minimum absolute atomic E-state index is 0.271. The second kappa shape index (κ2) is 7.47. The van der Waals surface area contributed by atoms with Gasteiger partial charge in [-0.15, -0.1) is 0 Å². The lowest BCUT2D eigenvalue weighted by atomic mass is 10.1. The molecule has 0 saturated heterocycles. The minimum atomic E-state index is -3.41. The van der Waals surface area contributed by atoms with Crippen LogP contribution in [0.1, 0.15) is 17.7 Å². The van der Waals surface area contributed by atoms with E-state index in [1.54, 1.807) is 6.20 Å². The number of nitrogens with zero attached hydrogens (tertiary/aromatic N) is 1. The van der Waals surface area contributed by atoms with Gasteiger partial charge in [0.15, 0.2) is 0 Å². The molecule has 1 aromatic rings. The van der Waals surface area contributed by atoms with E-state index in [1.807, 2.05) is 6.92 Å². The van der Waals surface area contributed by atoms with E-state index in [-0.39, 0.29) is 6.54 Å². The maximum Gasteiger partial charge on any atom is 0.276 e. The Bertz CT molecular complexity index is 444. The zero-order chi connectivity index (χ0) is 13.4. The molecule has 0 radical (unpaired) electrons. The van der Waals surface area contributed by atoms with E-state index >= 15 is 0 Å². The van der Waals surface area contributed by atoms with Crippen LogP contribution in [0.4, 0.5) is 0 Å². The van der Waals surface area contributed by atoms with Gasteiger partial charge in [-0.05, 0) is 25.3 Å². The van der Waals surface area contributed by atoms with E-state index in [2.05, 4.69) is 19.6 Å². The molecule has 0 bridgehead atoms. The number of rotatable bonds is 9. The summed E-state index contributed by atoms with van der Waals surface area (Å²) < 4.78 is 32.5. The molecule has 0 aliphatic rings. The molecular formula is C10H20N4O3S. The van der Waals surface area contributed by atoms with Crippen molar-refractivity contribution in [1.82, 2.24) is 19.6 Å². The Balaban J connectivity index is 2.19. The second-order valence-corrected chi connectivity index (χ2v) is 5.49. The molecule has 3 N–H and O–H groups in total. The molecule has 1 heterocycles. The van der Waals surface area contributed by atoms with Gasteiger partial charge in [0.2, 0.25) is 0 Å². The standard InChI is InChI=1S/C10H20N4O3S/c1-9-10(8-11-14-9)4-3-5-12-18(15,16)13-6-7-17-2/h8,12-13H,3-7H2,1-2H3,(H,11,14). The van der Waals surface area contributed by atoms with Gasteiger partial charge in [-0.3, -0.25) is 5.10 Å². The summed E-state index contributed by atoms with van der Waals surface area (Å²) in [6, 6.07) is 0. The van der Waals surface area contributed by atoms with Crippen molar-refractivity contribution < 1.29 is 13.2 Å². The van der Waals surface area contributed by atoms with Gasteiger partial charge in [-0.25, -0.2) is 4.72 Å². The minimum Gasteiger partial charge on any atom is -0.383 e. The average molecular weight is 276 g/mol. The summed E-state index contributed by atoms with van der Waals surface area (Å²) in [5.41, 5.74) is 2.14. The maximum atomic E-state index is 11.4. The van der Waals surface area contributed by atoms with E-state index in [4.69, 9.17) is 4.74 Å². The van der Waals surface area contributed by atoms with Crippen molar-refractivity contribution in [3.8, 4) is 0 Å². The number of aryl methyl sites for hydroxylation is 2. The molecule has 0 aliphatic carbocycles. The lowest BCUT2D eigenvalue weighted by Gasteiger charge is -2.07. The fourth-order valence-corrected chi connectivity index (χ4v) is 2.31. The summed E-state index contributed by atoms with van der Waals surface area (Å²) in [5.74, 6) is 0. The molecular weight excluding hydrogens is 256 g/mol. The lowest BCUT2D eigenvalue weighted by Crippen LogP contribution is -2.38. The van der Waals surface area contributed by atoms with Crippen LogP contribution >= 0.6 is 0 Å². The monoisotopic (exact) mass is 276 g/mol. The average Bonchev–Trinajstić information content (AvgIpc) is 2.71. The summed E-state index contributed by atoms with van der Waals surface area (Å²) in [5, 5.41) is 6.75. The third-order valence-electron chi connectivity index (χ3n) is 2.45. The van der Waals surface area contributed by atoms with E-state index < -0.39 is 10.2 Å². The first-order valence-electron chi connectivity index (χ1n) is 5.77. The maximum absolute atomic E-state index is 11.4. The number of hydrogen-bond acceptors (Lipinski definition) is 4. The number of nitrogens with one attached hydrogen (secondary N) is 3. The molecule has 0 amide bonds. The zero-order valence-electron chi connectivity index (χ0n) is 10.7. The van der Waals surface area contributed by atoms with Crippen LogP contribution in [0.15, 0.2) is 6.20 Å². The fourth-order valence-electron chi connectivity index (χ4n) is 1.44. The predicted molar refractivity (Wildman–Crippen MR) is 68.4 cm³/mol. The van der Waals surface area contributed by atoms with Gasteiger partial charge in [0.25, 0.3) is 10.2 Å². The molecule has 0 fully saturated rings. The fraction of sp³-hybridized carbons (Fsp3) is 0.700. The van der Waals surface area contributed by atoms with Crippen LogP contribution in [0, 0.1) is 6.92 Å². The van der Waals surface area contributed by atoms with Crippen molar-refractivity contribution in [2.45, 2.75) is 19.8 Å². The highest BCUT2D eigenvalue weighted by molar-refractivity contribution is 7.87. The molecule has 1 aromatic heterocycles. The Morgan fingerprint density at radius 3 is 2.72 bits per heavy atom. The lowest BCUT2D eigenvalue weighted by molar-refractivity contribution is 0.204.